The van der Waals surface area contributed by atoms with E-state index in [0.29, 0.717) is 27.7 Å². The zero-order valence-electron chi connectivity index (χ0n) is 15.4. The second kappa shape index (κ2) is 6.24. The maximum atomic E-state index is 13.0. The number of nitrogens with zero attached hydrogens (tertiary/aromatic N) is 2. The molecule has 3 aromatic carbocycles. The van der Waals surface area contributed by atoms with Gasteiger partial charge in [0.1, 0.15) is 0 Å². The van der Waals surface area contributed by atoms with Crippen LogP contribution >= 0.6 is 0 Å². The number of benzene rings is 3. The molecule has 0 saturated carbocycles. The molecule has 0 radical (unpaired) electrons. The minimum Gasteiger partial charge on any atom is -0.403 e. The maximum absolute atomic E-state index is 13.0. The van der Waals surface area contributed by atoms with Gasteiger partial charge >= 0.3 is 5.63 Å². The summed E-state index contributed by atoms with van der Waals surface area (Å²) in [5.41, 5.74) is 2.40. The molecule has 0 unspecified atom stereocenters. The van der Waals surface area contributed by atoms with Gasteiger partial charge in [-0.15, -0.1) is 0 Å². The summed E-state index contributed by atoms with van der Waals surface area (Å²) >= 11 is 0. The van der Waals surface area contributed by atoms with Gasteiger partial charge in [-0.2, -0.15) is 0 Å². The van der Waals surface area contributed by atoms with Crippen LogP contribution in [0.1, 0.15) is 26.3 Å². The van der Waals surface area contributed by atoms with Crippen LogP contribution < -0.4 is 10.5 Å². The second-order valence-electron chi connectivity index (χ2n) is 6.82. The Kier molecular flexibility index (Phi) is 3.67. The van der Waals surface area contributed by atoms with Crippen molar-refractivity contribution in [2.24, 2.45) is 0 Å². The van der Waals surface area contributed by atoms with Crippen molar-refractivity contribution in [1.82, 2.24) is 4.98 Å². The molecule has 0 aliphatic carbocycles. The van der Waals surface area contributed by atoms with Gasteiger partial charge in [-0.3, -0.25) is 9.59 Å². The van der Waals surface area contributed by atoms with Crippen LogP contribution in [0.4, 0.5) is 5.69 Å². The van der Waals surface area contributed by atoms with Gasteiger partial charge in [-0.05, 0) is 48.9 Å². The average molecular weight is 382 g/mol. The summed E-state index contributed by atoms with van der Waals surface area (Å²) in [6.07, 6.45) is 0. The van der Waals surface area contributed by atoms with E-state index in [2.05, 4.69) is 4.98 Å². The van der Waals surface area contributed by atoms with E-state index in [4.69, 9.17) is 4.42 Å². The van der Waals surface area contributed by atoms with Crippen molar-refractivity contribution in [1.29, 1.82) is 0 Å². The number of para-hydroxylation sites is 2. The Morgan fingerprint density at radius 1 is 0.828 bits per heavy atom. The first-order valence-corrected chi connectivity index (χ1v) is 9.03. The van der Waals surface area contributed by atoms with E-state index in [0.717, 1.165) is 5.56 Å². The number of rotatable bonds is 2. The van der Waals surface area contributed by atoms with Crippen molar-refractivity contribution >= 4 is 28.4 Å². The first-order chi connectivity index (χ1) is 14.0. The van der Waals surface area contributed by atoms with Crippen molar-refractivity contribution in [3.8, 4) is 11.5 Å². The molecule has 2 heterocycles. The quantitative estimate of drug-likeness (QED) is 0.490. The zero-order valence-corrected chi connectivity index (χ0v) is 15.4. The van der Waals surface area contributed by atoms with Gasteiger partial charge in [0, 0.05) is 5.56 Å². The lowest BCUT2D eigenvalue weighted by atomic mass is 10.1. The highest BCUT2D eigenvalue weighted by molar-refractivity contribution is 6.34. The number of amides is 2. The Labute approximate surface area is 165 Å². The molecular formula is C23H14N2O4. The second-order valence-corrected chi connectivity index (χ2v) is 6.82. The van der Waals surface area contributed by atoms with Crippen LogP contribution in [0.15, 0.2) is 75.9 Å². The van der Waals surface area contributed by atoms with E-state index in [-0.39, 0.29) is 17.4 Å². The number of aryl methyl sites for hydroxylation is 1. The van der Waals surface area contributed by atoms with Gasteiger partial charge in [0.05, 0.1) is 27.7 Å². The SMILES string of the molecule is Cc1ccccc1N1C(=O)c2ccc(-c3nc4ccccc4c(=O)o3)cc2C1=O. The first-order valence-electron chi connectivity index (χ1n) is 9.03. The molecule has 1 aromatic heterocycles. The third-order valence-corrected chi connectivity index (χ3v) is 5.03. The molecule has 1 aliphatic heterocycles. The zero-order chi connectivity index (χ0) is 20.1. The highest BCUT2D eigenvalue weighted by Gasteiger charge is 2.37. The molecule has 6 nitrogen and oxygen atoms in total. The Morgan fingerprint density at radius 3 is 2.38 bits per heavy atom. The molecular weight excluding hydrogens is 368 g/mol. The van der Waals surface area contributed by atoms with Crippen molar-refractivity contribution in [3.63, 3.8) is 0 Å². The van der Waals surface area contributed by atoms with Crippen LogP contribution in [-0.2, 0) is 0 Å². The van der Waals surface area contributed by atoms with Crippen molar-refractivity contribution in [3.05, 3.63) is 93.8 Å². The molecule has 0 fully saturated rings. The van der Waals surface area contributed by atoms with E-state index < -0.39 is 11.5 Å². The van der Waals surface area contributed by atoms with Crippen LogP contribution in [0.25, 0.3) is 22.4 Å². The van der Waals surface area contributed by atoms with Crippen LogP contribution in [-0.4, -0.2) is 16.8 Å². The van der Waals surface area contributed by atoms with E-state index >= 15 is 0 Å². The summed E-state index contributed by atoms with van der Waals surface area (Å²) in [6, 6.07) is 18.8. The number of aromatic nitrogens is 1. The largest absolute Gasteiger partial charge is 0.403 e. The van der Waals surface area contributed by atoms with Gasteiger partial charge in [0.15, 0.2) is 0 Å². The summed E-state index contributed by atoms with van der Waals surface area (Å²) in [5, 5.41) is 0.384. The molecule has 1 aliphatic rings. The molecule has 0 atom stereocenters. The third-order valence-electron chi connectivity index (χ3n) is 5.03. The molecule has 0 N–H and O–H groups in total. The number of fused-ring (bicyclic) bond motifs is 2. The maximum Gasteiger partial charge on any atom is 0.347 e. The number of imide groups is 1. The lowest BCUT2D eigenvalue weighted by molar-refractivity contribution is 0.0926. The minimum atomic E-state index is -0.505. The van der Waals surface area contributed by atoms with Gasteiger partial charge in [0.25, 0.3) is 11.8 Å². The predicted octanol–water partition coefficient (Wildman–Crippen LogP) is 3.96. The first kappa shape index (κ1) is 17.1. The summed E-state index contributed by atoms with van der Waals surface area (Å²) in [7, 11) is 0. The fraction of sp³-hybridized carbons (Fsp3) is 0.0435. The predicted molar refractivity (Wildman–Crippen MR) is 108 cm³/mol. The van der Waals surface area contributed by atoms with Gasteiger partial charge in [-0.1, -0.05) is 30.3 Å². The fourth-order valence-electron chi connectivity index (χ4n) is 3.55. The van der Waals surface area contributed by atoms with Gasteiger partial charge < -0.3 is 4.42 Å². The molecule has 2 amide bonds. The van der Waals surface area contributed by atoms with Crippen LogP contribution in [0.3, 0.4) is 0 Å². The Hall–Kier alpha value is -4.06. The number of carbonyl (C=O) groups excluding carboxylic acids is 2. The smallest absolute Gasteiger partial charge is 0.347 e. The van der Waals surface area contributed by atoms with E-state index in [9.17, 15) is 14.4 Å². The molecule has 29 heavy (non-hydrogen) atoms. The third kappa shape index (κ3) is 2.57. The molecule has 0 saturated heterocycles. The Bertz CT molecular complexity index is 1390. The van der Waals surface area contributed by atoms with Crippen LogP contribution in [0.2, 0.25) is 0 Å². The summed E-state index contributed by atoms with van der Waals surface area (Å²) in [4.78, 5) is 43.7. The van der Waals surface area contributed by atoms with Crippen LogP contribution in [0, 0.1) is 6.92 Å². The van der Waals surface area contributed by atoms with Crippen molar-refractivity contribution < 1.29 is 14.0 Å². The molecule has 5 rings (SSSR count). The summed E-state index contributed by atoms with van der Waals surface area (Å²) in [6.45, 7) is 1.85. The monoisotopic (exact) mass is 382 g/mol. The highest BCUT2D eigenvalue weighted by Crippen LogP contribution is 2.32. The summed E-state index contributed by atoms with van der Waals surface area (Å²) < 4.78 is 5.35. The summed E-state index contributed by atoms with van der Waals surface area (Å²) in [5.74, 6) is -0.686. The van der Waals surface area contributed by atoms with Crippen LogP contribution in [0.5, 0.6) is 0 Å². The van der Waals surface area contributed by atoms with Gasteiger partial charge in [-0.25, -0.2) is 14.7 Å². The number of anilines is 1. The van der Waals surface area contributed by atoms with Gasteiger partial charge in [0.2, 0.25) is 5.89 Å². The molecule has 0 bridgehead atoms. The number of hydrogen-bond acceptors (Lipinski definition) is 5. The van der Waals surface area contributed by atoms with Crippen molar-refractivity contribution in [2.75, 3.05) is 4.90 Å². The van der Waals surface area contributed by atoms with E-state index in [1.807, 2.05) is 19.1 Å². The minimum absolute atomic E-state index is 0.103. The number of carbonyl (C=O) groups is 2. The van der Waals surface area contributed by atoms with Crippen molar-refractivity contribution in [2.45, 2.75) is 6.92 Å². The number of hydrogen-bond donors (Lipinski definition) is 0. The lowest BCUT2D eigenvalue weighted by Gasteiger charge is -2.16. The normalized spacial score (nSPS) is 13.2. The fourth-order valence-corrected chi connectivity index (χ4v) is 3.55. The molecule has 0 spiro atoms. The topological polar surface area (TPSA) is 80.5 Å². The standard InChI is InChI=1S/C23H14N2O4/c1-13-6-2-5-9-19(13)25-21(26)15-11-10-14(12-17(15)22(25)27)20-24-18-8-4-3-7-16(18)23(28)29-20/h2-12H,1H3. The Morgan fingerprint density at radius 2 is 1.55 bits per heavy atom. The van der Waals surface area contributed by atoms with E-state index in [1.165, 1.54) is 4.90 Å². The molecule has 6 heteroatoms. The Balaban J connectivity index is 1.63. The molecule has 140 valence electrons. The lowest BCUT2D eigenvalue weighted by Crippen LogP contribution is -2.29. The highest BCUT2D eigenvalue weighted by atomic mass is 16.4. The average Bonchev–Trinajstić information content (AvgIpc) is 2.98. The molecule has 4 aromatic rings. The van der Waals surface area contributed by atoms with E-state index in [1.54, 1.807) is 54.6 Å².